The van der Waals surface area contributed by atoms with Gasteiger partial charge >= 0.3 is 12.1 Å². The van der Waals surface area contributed by atoms with Crippen molar-refractivity contribution in [1.82, 2.24) is 20.9 Å². The first kappa shape index (κ1) is 84.3. The zero-order chi connectivity index (χ0) is 65.0. The summed E-state index contributed by atoms with van der Waals surface area (Å²) in [7, 11) is 3.75. The van der Waals surface area contributed by atoms with Gasteiger partial charge in [-0.05, 0) is 67.6 Å². The van der Waals surface area contributed by atoms with Crippen LogP contribution >= 0.6 is 0 Å². The van der Waals surface area contributed by atoms with Crippen molar-refractivity contribution in [2.24, 2.45) is 17.6 Å². The molecule has 25 heteroatoms. The summed E-state index contributed by atoms with van der Waals surface area (Å²) in [5, 5.41) is 19.2. The van der Waals surface area contributed by atoms with E-state index in [1.165, 1.54) is 17.7 Å². The van der Waals surface area contributed by atoms with Gasteiger partial charge in [-0.1, -0.05) is 80.4 Å². The number of amides is 6. The summed E-state index contributed by atoms with van der Waals surface area (Å²) in [6.45, 7) is 24.5. The van der Waals surface area contributed by atoms with Crippen LogP contribution in [-0.4, -0.2) is 210 Å². The highest BCUT2D eigenvalue weighted by Gasteiger charge is 2.25. The number of carboxylic acid groups (broad SMARTS) is 1. The highest BCUT2D eigenvalue weighted by molar-refractivity contribution is 6.12. The number of aliphatic carboxylic acids is 1. The molecule has 494 valence electrons. The van der Waals surface area contributed by atoms with Gasteiger partial charge in [-0.3, -0.25) is 33.7 Å². The number of allylic oxidation sites excluding steroid dienone is 1. The lowest BCUT2D eigenvalue weighted by atomic mass is 10.0. The molecule has 0 bridgehead atoms. The number of carbonyl (C=O) groups is 7. The number of hydrogen-bond donors (Lipinski definition) is 6. The molecule has 0 aromatic heterocycles. The molecule has 0 radical (unpaired) electrons. The predicted octanol–water partition coefficient (Wildman–Crippen LogP) is 5.21. The highest BCUT2D eigenvalue weighted by atomic mass is 16.6. The number of imide groups is 1. The van der Waals surface area contributed by atoms with Gasteiger partial charge in [-0.2, -0.15) is 0 Å². The normalized spacial score (nSPS) is 12.3. The van der Waals surface area contributed by atoms with Gasteiger partial charge in [0.2, 0.25) is 17.7 Å². The van der Waals surface area contributed by atoms with Crippen molar-refractivity contribution in [2.45, 2.75) is 113 Å². The summed E-state index contributed by atoms with van der Waals surface area (Å²) >= 11 is 0. The molecule has 25 nitrogen and oxygen atoms in total. The van der Waals surface area contributed by atoms with Gasteiger partial charge < -0.3 is 84.2 Å². The molecular weight excluding hydrogens is 1120 g/mol. The Labute approximate surface area is 512 Å². The molecule has 2 unspecified atom stereocenters. The molecule has 1 aliphatic rings. The standard InChI is InChI=1S/C35H51N5O9.C20H40O10.C2H7N.C2H6.C2H2/c1-6-8-25(17-24(5)7-2)20-48-21-27-18-28(10-9-26(27)22-49-35(36)46)38-30(42)19-37-34(45)33(23(3)4)39-29(41)13-15-47-16-14-40-31(43)11-12-32(40)44;1-2-4-23-6-8-25-10-12-27-14-16-29-18-19-30-17-15-28-13-11-26-9-7-24-5-3-20(21)22;1-3-2;2*1-2/h9-12,17-18,23-24,33H,6-8,13-16,19-22H2,1-5H3,(H2,36,46)(H,37,45)(H,38,42)(H,39,41);2-19H2,1H3,(H,21,22);3H,1-2H3;1-2H3;1-2H/b25-17+;;;;. The zero-order valence-corrected chi connectivity index (χ0v) is 53.2. The number of nitrogens with two attached hydrogens (primary N) is 1. The zero-order valence-electron chi connectivity index (χ0n) is 53.2. The predicted molar refractivity (Wildman–Crippen MR) is 328 cm³/mol. The number of nitrogens with zero attached hydrogens (tertiary/aromatic N) is 1. The monoisotopic (exact) mass is 1230 g/mol. The van der Waals surface area contributed by atoms with Crippen molar-refractivity contribution >= 4 is 47.3 Å². The molecule has 0 saturated carbocycles. The molecule has 1 heterocycles. The SMILES string of the molecule is C#C.CC.CCC/C(=C\C(C)CC)COCc1cc(NC(=O)CNC(=O)C(NC(=O)CCOCCN2C(=O)C=CC2=O)C(C)C)ccc1COC(N)=O.CCCOCCOCCOCCOCCOCCOCCOCCOCCC(=O)O.CNC. The van der Waals surface area contributed by atoms with E-state index in [1.54, 1.807) is 32.0 Å². The lowest BCUT2D eigenvalue weighted by molar-refractivity contribution is -0.139. The Kier molecular flexibility index (Phi) is 59.6. The van der Waals surface area contributed by atoms with E-state index in [9.17, 15) is 33.6 Å². The highest BCUT2D eigenvalue weighted by Crippen LogP contribution is 2.20. The number of nitrogens with one attached hydrogen (secondary N) is 4. The van der Waals surface area contributed by atoms with Crippen molar-refractivity contribution in [3.05, 3.63) is 53.1 Å². The molecule has 2 rings (SSSR count). The van der Waals surface area contributed by atoms with E-state index in [-0.39, 0.29) is 64.9 Å². The Bertz CT molecular complexity index is 1990. The first-order chi connectivity index (χ1) is 41.5. The summed E-state index contributed by atoms with van der Waals surface area (Å²) < 4.78 is 59.0. The molecule has 1 aromatic carbocycles. The smallest absolute Gasteiger partial charge is 0.404 e. The van der Waals surface area contributed by atoms with E-state index >= 15 is 0 Å². The van der Waals surface area contributed by atoms with Crippen LogP contribution in [0, 0.1) is 24.7 Å². The third-order valence-electron chi connectivity index (χ3n) is 11.1. The van der Waals surface area contributed by atoms with E-state index < -0.39 is 47.6 Å². The Morgan fingerprint density at radius 3 is 1.52 bits per heavy atom. The van der Waals surface area contributed by atoms with Crippen LogP contribution in [0.4, 0.5) is 10.5 Å². The van der Waals surface area contributed by atoms with Crippen LogP contribution in [-0.2, 0) is 94.1 Å². The molecule has 2 atom stereocenters. The summed E-state index contributed by atoms with van der Waals surface area (Å²) in [4.78, 5) is 83.9. The second-order valence-electron chi connectivity index (χ2n) is 18.7. The van der Waals surface area contributed by atoms with Crippen LogP contribution in [0.3, 0.4) is 0 Å². The average Bonchev–Trinajstić information content (AvgIpc) is 3.53. The molecule has 0 spiro atoms. The lowest BCUT2D eigenvalue weighted by Crippen LogP contribution is -2.51. The summed E-state index contributed by atoms with van der Waals surface area (Å²) in [6.07, 6.45) is 15.6. The van der Waals surface area contributed by atoms with Crippen LogP contribution in [0.25, 0.3) is 0 Å². The molecule has 0 fully saturated rings. The Morgan fingerprint density at radius 1 is 0.616 bits per heavy atom. The van der Waals surface area contributed by atoms with Crippen molar-refractivity contribution in [1.29, 1.82) is 0 Å². The minimum atomic E-state index is -0.908. The second-order valence-corrected chi connectivity index (χ2v) is 18.7. The van der Waals surface area contributed by atoms with Crippen LogP contribution in [0.1, 0.15) is 105 Å². The number of terminal acetylenes is 1. The second kappa shape index (κ2) is 60.8. The van der Waals surface area contributed by atoms with Crippen LogP contribution in [0.5, 0.6) is 0 Å². The quantitative estimate of drug-likeness (QED) is 0.0211. The molecule has 1 aromatic rings. The molecule has 6 amide bonds. The number of benzene rings is 1. The van der Waals surface area contributed by atoms with Gasteiger partial charge in [0.1, 0.15) is 12.6 Å². The fourth-order valence-electron chi connectivity index (χ4n) is 6.75. The van der Waals surface area contributed by atoms with Gasteiger partial charge in [0.25, 0.3) is 11.8 Å². The number of hydrogen-bond acceptors (Lipinski definition) is 19. The average molecular weight is 1230 g/mol. The van der Waals surface area contributed by atoms with E-state index in [1.807, 2.05) is 27.9 Å². The van der Waals surface area contributed by atoms with Gasteiger partial charge in [0.05, 0.1) is 145 Å². The largest absolute Gasteiger partial charge is 0.481 e. The number of ether oxygens (including phenoxy) is 11. The maximum Gasteiger partial charge on any atom is 0.404 e. The maximum absolute atomic E-state index is 12.9. The van der Waals surface area contributed by atoms with Crippen molar-refractivity contribution in [3.63, 3.8) is 0 Å². The first-order valence-electron chi connectivity index (χ1n) is 29.6. The first-order valence-corrected chi connectivity index (χ1v) is 29.6. The summed E-state index contributed by atoms with van der Waals surface area (Å²) in [6, 6.07) is 4.17. The summed E-state index contributed by atoms with van der Waals surface area (Å²) in [5.41, 5.74) is 8.19. The Hall–Kier alpha value is -5.89. The van der Waals surface area contributed by atoms with Gasteiger partial charge in [-0.15, -0.1) is 12.8 Å². The van der Waals surface area contributed by atoms with E-state index in [4.69, 9.17) is 62.9 Å². The van der Waals surface area contributed by atoms with E-state index in [0.717, 1.165) is 37.2 Å². The molecule has 1 aliphatic heterocycles. The number of rotatable bonds is 48. The molecule has 0 aliphatic carbocycles. The fraction of sp³-hybridized carbons (Fsp3) is 0.689. The van der Waals surface area contributed by atoms with Crippen LogP contribution in [0.2, 0.25) is 0 Å². The number of carboxylic acids is 1. The molecule has 86 heavy (non-hydrogen) atoms. The minimum absolute atomic E-state index is 0.00711. The van der Waals surface area contributed by atoms with Crippen molar-refractivity contribution in [2.75, 3.05) is 158 Å². The number of carbonyl (C=O) groups excluding carboxylic acids is 6. The van der Waals surface area contributed by atoms with Crippen molar-refractivity contribution < 1.29 is 90.8 Å². The lowest BCUT2D eigenvalue weighted by Gasteiger charge is -2.22. The minimum Gasteiger partial charge on any atom is -0.481 e. The number of anilines is 1. The van der Waals surface area contributed by atoms with Gasteiger partial charge in [-0.25, -0.2) is 4.79 Å². The van der Waals surface area contributed by atoms with Gasteiger partial charge in [0.15, 0.2) is 0 Å². The Morgan fingerprint density at radius 2 is 1.08 bits per heavy atom. The molecular formula is C61H106N6O19. The van der Waals surface area contributed by atoms with E-state index in [0.29, 0.717) is 122 Å². The van der Waals surface area contributed by atoms with Crippen LogP contribution < -0.4 is 27.0 Å². The van der Waals surface area contributed by atoms with E-state index in [2.05, 4.69) is 67.9 Å². The fourth-order valence-corrected chi connectivity index (χ4v) is 6.75. The summed E-state index contributed by atoms with van der Waals surface area (Å²) in [5.74, 6) is -2.97. The molecule has 7 N–H and O–H groups in total. The maximum atomic E-state index is 12.9. The topological polar surface area (TPSA) is 319 Å². The van der Waals surface area contributed by atoms with Gasteiger partial charge in [0, 0.05) is 30.9 Å². The third kappa shape index (κ3) is 50.3. The number of primary amides is 1. The van der Waals surface area contributed by atoms with Crippen LogP contribution in [0.15, 0.2) is 42.0 Å². The molecule has 0 saturated heterocycles. The Balaban J connectivity index is -0.00000159. The van der Waals surface area contributed by atoms with Crippen molar-refractivity contribution in [3.8, 4) is 12.8 Å². The third-order valence-corrected chi connectivity index (χ3v) is 11.1.